The van der Waals surface area contributed by atoms with Gasteiger partial charge >= 0.3 is 0 Å². The van der Waals surface area contributed by atoms with Gasteiger partial charge in [0.2, 0.25) is 0 Å². The van der Waals surface area contributed by atoms with E-state index in [4.69, 9.17) is 9.47 Å². The SMILES string of the molecule is CN=C(NCc1cccc(OCC(=O)NC2CC2)c1)N1CCC(Oc2ccccc2)CC1. The van der Waals surface area contributed by atoms with Crippen LogP contribution >= 0.6 is 0 Å². The van der Waals surface area contributed by atoms with Gasteiger partial charge in [-0.25, -0.2) is 0 Å². The first-order chi connectivity index (χ1) is 15.7. The maximum atomic E-state index is 11.8. The van der Waals surface area contributed by atoms with Gasteiger partial charge in [-0.3, -0.25) is 9.79 Å². The van der Waals surface area contributed by atoms with E-state index in [0.29, 0.717) is 18.3 Å². The number of likely N-dealkylation sites (tertiary alicyclic amines) is 1. The minimum Gasteiger partial charge on any atom is -0.490 e. The normalized spacial score (nSPS) is 17.0. The maximum absolute atomic E-state index is 11.8. The lowest BCUT2D eigenvalue weighted by molar-refractivity contribution is -0.123. The van der Waals surface area contributed by atoms with E-state index >= 15 is 0 Å². The fraction of sp³-hybridized carbons (Fsp3) is 0.440. The zero-order chi connectivity index (χ0) is 22.2. The first-order valence-corrected chi connectivity index (χ1v) is 11.4. The predicted molar refractivity (Wildman–Crippen MR) is 125 cm³/mol. The van der Waals surface area contributed by atoms with Crippen molar-refractivity contribution in [3.05, 3.63) is 60.2 Å². The number of ether oxygens (including phenoxy) is 2. The minimum atomic E-state index is -0.0592. The van der Waals surface area contributed by atoms with Crippen LogP contribution in [-0.4, -0.2) is 55.7 Å². The van der Waals surface area contributed by atoms with E-state index in [9.17, 15) is 4.79 Å². The number of nitrogens with zero attached hydrogens (tertiary/aromatic N) is 2. The van der Waals surface area contributed by atoms with Crippen LogP contribution in [0.5, 0.6) is 11.5 Å². The largest absolute Gasteiger partial charge is 0.490 e. The number of piperidine rings is 1. The van der Waals surface area contributed by atoms with Gasteiger partial charge in [0.05, 0.1) is 0 Å². The Kier molecular flexibility index (Phi) is 7.48. The maximum Gasteiger partial charge on any atom is 0.258 e. The Morgan fingerprint density at radius 3 is 2.50 bits per heavy atom. The number of hydrogen-bond donors (Lipinski definition) is 2. The number of amides is 1. The molecule has 7 nitrogen and oxygen atoms in total. The van der Waals surface area contributed by atoms with Gasteiger partial charge in [-0.05, 0) is 42.7 Å². The number of aliphatic imine (C=N–C) groups is 1. The zero-order valence-electron chi connectivity index (χ0n) is 18.6. The van der Waals surface area contributed by atoms with Crippen molar-refractivity contribution in [1.82, 2.24) is 15.5 Å². The van der Waals surface area contributed by atoms with Crippen molar-refractivity contribution < 1.29 is 14.3 Å². The van der Waals surface area contributed by atoms with Crippen molar-refractivity contribution in [1.29, 1.82) is 0 Å². The molecule has 0 aromatic heterocycles. The van der Waals surface area contributed by atoms with Crippen LogP contribution in [-0.2, 0) is 11.3 Å². The van der Waals surface area contributed by atoms with Crippen LogP contribution in [0.15, 0.2) is 59.6 Å². The van der Waals surface area contributed by atoms with Gasteiger partial charge in [-0.1, -0.05) is 30.3 Å². The van der Waals surface area contributed by atoms with Crippen LogP contribution < -0.4 is 20.1 Å². The molecule has 2 N–H and O–H groups in total. The van der Waals surface area contributed by atoms with E-state index in [2.05, 4.69) is 20.5 Å². The number of guanidine groups is 1. The molecule has 32 heavy (non-hydrogen) atoms. The number of rotatable bonds is 8. The smallest absolute Gasteiger partial charge is 0.258 e. The van der Waals surface area contributed by atoms with Crippen molar-refractivity contribution in [3.63, 3.8) is 0 Å². The van der Waals surface area contributed by atoms with Crippen molar-refractivity contribution >= 4 is 11.9 Å². The first-order valence-electron chi connectivity index (χ1n) is 11.4. The summed E-state index contributed by atoms with van der Waals surface area (Å²) in [5.74, 6) is 2.46. The third-order valence-corrected chi connectivity index (χ3v) is 5.66. The lowest BCUT2D eigenvalue weighted by Gasteiger charge is -2.34. The molecule has 1 aliphatic carbocycles. The summed E-state index contributed by atoms with van der Waals surface area (Å²) < 4.78 is 11.7. The molecule has 0 bridgehead atoms. The van der Waals surface area contributed by atoms with Gasteiger partial charge in [0.15, 0.2) is 12.6 Å². The number of carbonyl (C=O) groups excluding carboxylic acids is 1. The van der Waals surface area contributed by atoms with Gasteiger partial charge in [-0.15, -0.1) is 0 Å². The zero-order valence-corrected chi connectivity index (χ0v) is 18.6. The summed E-state index contributed by atoms with van der Waals surface area (Å²) in [5.41, 5.74) is 1.08. The van der Waals surface area contributed by atoms with Gasteiger partial charge < -0.3 is 25.0 Å². The molecule has 1 heterocycles. The van der Waals surface area contributed by atoms with Gasteiger partial charge in [0.1, 0.15) is 17.6 Å². The van der Waals surface area contributed by atoms with E-state index in [-0.39, 0.29) is 18.6 Å². The Hall–Kier alpha value is -3.22. The molecule has 1 saturated heterocycles. The third-order valence-electron chi connectivity index (χ3n) is 5.66. The lowest BCUT2D eigenvalue weighted by Crippen LogP contribution is -2.47. The molecule has 170 valence electrons. The second-order valence-corrected chi connectivity index (χ2v) is 8.30. The van der Waals surface area contributed by atoms with Crippen molar-refractivity contribution in [2.75, 3.05) is 26.7 Å². The highest BCUT2D eigenvalue weighted by atomic mass is 16.5. The number of nitrogens with one attached hydrogen (secondary N) is 2. The fourth-order valence-corrected chi connectivity index (χ4v) is 3.78. The molecule has 1 amide bonds. The van der Waals surface area contributed by atoms with Crippen LogP contribution in [0.1, 0.15) is 31.2 Å². The van der Waals surface area contributed by atoms with Crippen LogP contribution in [0.25, 0.3) is 0 Å². The summed E-state index contributed by atoms with van der Waals surface area (Å²) in [5, 5.41) is 6.38. The Balaban J connectivity index is 1.22. The molecular weight excluding hydrogens is 404 g/mol. The lowest BCUT2D eigenvalue weighted by atomic mass is 10.1. The Morgan fingerprint density at radius 2 is 1.78 bits per heavy atom. The first kappa shape index (κ1) is 22.0. The van der Waals surface area contributed by atoms with E-state index < -0.39 is 0 Å². The summed E-state index contributed by atoms with van der Waals surface area (Å²) in [6.07, 6.45) is 4.30. The molecule has 7 heteroatoms. The average Bonchev–Trinajstić information content (AvgIpc) is 3.64. The van der Waals surface area contributed by atoms with Crippen molar-refractivity contribution in [2.24, 2.45) is 4.99 Å². The highest BCUT2D eigenvalue weighted by molar-refractivity contribution is 5.80. The molecule has 1 aliphatic heterocycles. The minimum absolute atomic E-state index is 0.0506. The summed E-state index contributed by atoms with van der Waals surface area (Å²) >= 11 is 0. The van der Waals surface area contributed by atoms with Gasteiger partial charge in [-0.2, -0.15) is 0 Å². The standard InChI is InChI=1S/C25H32N4O3/c1-26-25(29-14-12-22(13-15-29)32-21-7-3-2-4-8-21)27-17-19-6-5-9-23(16-19)31-18-24(30)28-20-10-11-20/h2-9,16,20,22H,10-15,17-18H2,1H3,(H,26,27)(H,28,30). The number of benzene rings is 2. The molecule has 0 atom stereocenters. The van der Waals surface area contributed by atoms with Crippen LogP contribution in [0.2, 0.25) is 0 Å². The number of hydrogen-bond acceptors (Lipinski definition) is 4. The van der Waals surface area contributed by atoms with Crippen molar-refractivity contribution in [3.8, 4) is 11.5 Å². The summed E-state index contributed by atoms with van der Waals surface area (Å²) in [6, 6.07) is 18.2. The molecule has 0 radical (unpaired) electrons. The molecule has 2 aliphatic rings. The molecule has 2 aromatic carbocycles. The topological polar surface area (TPSA) is 75.2 Å². The Bertz CT molecular complexity index is 906. The quantitative estimate of drug-likeness (QED) is 0.492. The molecule has 0 spiro atoms. The Morgan fingerprint density at radius 1 is 1.03 bits per heavy atom. The fourth-order valence-electron chi connectivity index (χ4n) is 3.78. The highest BCUT2D eigenvalue weighted by Crippen LogP contribution is 2.20. The molecule has 0 unspecified atom stereocenters. The summed E-state index contributed by atoms with van der Waals surface area (Å²) in [4.78, 5) is 18.6. The second kappa shape index (κ2) is 10.9. The second-order valence-electron chi connectivity index (χ2n) is 8.30. The average molecular weight is 437 g/mol. The molecule has 4 rings (SSSR count). The van der Waals surface area contributed by atoms with Crippen molar-refractivity contribution in [2.45, 2.75) is 44.4 Å². The van der Waals surface area contributed by atoms with E-state index in [1.165, 1.54) is 0 Å². The molecule has 1 saturated carbocycles. The van der Waals surface area contributed by atoms with Crippen LogP contribution in [0, 0.1) is 0 Å². The van der Waals surface area contributed by atoms with E-state index in [0.717, 1.165) is 56.0 Å². The van der Waals surface area contributed by atoms with E-state index in [1.807, 2.05) is 61.6 Å². The predicted octanol–water partition coefficient (Wildman–Crippen LogP) is 2.96. The number of carbonyl (C=O) groups is 1. The third kappa shape index (κ3) is 6.64. The van der Waals surface area contributed by atoms with Gasteiger partial charge in [0, 0.05) is 45.6 Å². The van der Waals surface area contributed by atoms with Gasteiger partial charge in [0.25, 0.3) is 5.91 Å². The monoisotopic (exact) mass is 436 g/mol. The molecule has 2 aromatic rings. The van der Waals surface area contributed by atoms with Crippen LogP contribution in [0.3, 0.4) is 0 Å². The molecule has 2 fully saturated rings. The highest BCUT2D eigenvalue weighted by Gasteiger charge is 2.24. The summed E-state index contributed by atoms with van der Waals surface area (Å²) in [7, 11) is 1.81. The van der Waals surface area contributed by atoms with Crippen LogP contribution in [0.4, 0.5) is 0 Å². The molecular formula is C25H32N4O3. The summed E-state index contributed by atoms with van der Waals surface area (Å²) in [6.45, 7) is 2.49. The Labute approximate surface area is 189 Å². The number of para-hydroxylation sites is 1. The van der Waals surface area contributed by atoms with E-state index in [1.54, 1.807) is 0 Å².